The number of carbonyl (C=O) groups excluding carboxylic acids is 1. The molecule has 4 heteroatoms. The molecule has 1 atom stereocenters. The minimum atomic E-state index is -0.730. The fraction of sp³-hybridized carbons (Fsp3) is 0.952. The maximum atomic E-state index is 10.8. The number of hydrogen-bond donors (Lipinski definition) is 2. The zero-order valence-corrected chi connectivity index (χ0v) is 16.5. The third kappa shape index (κ3) is 21.5. The van der Waals surface area contributed by atoms with Crippen LogP contribution in [0.15, 0.2) is 0 Å². The number of aliphatic hydroxyl groups excluding tert-OH is 2. The average molecular weight is 359 g/mol. The van der Waals surface area contributed by atoms with Crippen molar-refractivity contribution >= 4 is 5.78 Å². The van der Waals surface area contributed by atoms with Crippen LogP contribution in [0.5, 0.6) is 0 Å². The lowest BCUT2D eigenvalue weighted by molar-refractivity contribution is -0.117. The van der Waals surface area contributed by atoms with Gasteiger partial charge < -0.3 is 19.7 Å². The van der Waals surface area contributed by atoms with Crippen LogP contribution in [0, 0.1) is 0 Å². The molecule has 0 saturated heterocycles. The Labute approximate surface area is 155 Å². The zero-order valence-electron chi connectivity index (χ0n) is 16.5. The smallest absolute Gasteiger partial charge is 0.129 e. The Balaban J connectivity index is 3.02. The number of carbonyl (C=O) groups is 1. The van der Waals surface area contributed by atoms with Crippen LogP contribution in [0.2, 0.25) is 0 Å². The largest absolute Gasteiger partial charge is 0.394 e. The molecule has 0 radical (unpaired) electrons. The highest BCUT2D eigenvalue weighted by atomic mass is 16.5. The van der Waals surface area contributed by atoms with Gasteiger partial charge in [-0.3, -0.25) is 0 Å². The van der Waals surface area contributed by atoms with E-state index < -0.39 is 6.10 Å². The molecule has 0 aromatic rings. The molecule has 0 aromatic carbocycles. The zero-order chi connectivity index (χ0) is 18.6. The maximum absolute atomic E-state index is 10.8. The van der Waals surface area contributed by atoms with E-state index in [-0.39, 0.29) is 13.2 Å². The number of ether oxygens (including phenoxy) is 1. The first kappa shape index (κ1) is 24.6. The highest BCUT2D eigenvalue weighted by molar-refractivity contribution is 5.75. The molecule has 2 N–H and O–H groups in total. The second-order valence-corrected chi connectivity index (χ2v) is 7.31. The van der Waals surface area contributed by atoms with Crippen LogP contribution in [-0.4, -0.2) is 41.9 Å². The van der Waals surface area contributed by atoms with E-state index in [4.69, 9.17) is 14.9 Å². The Morgan fingerprint density at radius 2 is 1.16 bits per heavy atom. The third-order valence-corrected chi connectivity index (χ3v) is 4.59. The summed E-state index contributed by atoms with van der Waals surface area (Å²) >= 11 is 0. The van der Waals surface area contributed by atoms with Gasteiger partial charge in [0.25, 0.3) is 0 Å². The van der Waals surface area contributed by atoms with Crippen LogP contribution >= 0.6 is 0 Å². The van der Waals surface area contributed by atoms with Crippen LogP contribution in [-0.2, 0) is 9.53 Å². The SMILES string of the molecule is CC(=O)CCCCCCCCCCCCCCCCOCC(O)CO. The van der Waals surface area contributed by atoms with Crippen molar-refractivity contribution in [3.8, 4) is 0 Å². The Morgan fingerprint density at radius 3 is 1.56 bits per heavy atom. The Bertz CT molecular complexity index is 281. The summed E-state index contributed by atoms with van der Waals surface area (Å²) in [5.74, 6) is 0.325. The highest BCUT2D eigenvalue weighted by Crippen LogP contribution is 2.13. The minimum Gasteiger partial charge on any atom is -0.394 e. The van der Waals surface area contributed by atoms with E-state index in [2.05, 4.69) is 0 Å². The van der Waals surface area contributed by atoms with Crippen molar-refractivity contribution in [1.29, 1.82) is 0 Å². The van der Waals surface area contributed by atoms with Crippen LogP contribution in [0.1, 0.15) is 103 Å². The lowest BCUT2D eigenvalue weighted by Crippen LogP contribution is -2.19. The fourth-order valence-corrected chi connectivity index (χ4v) is 2.97. The molecule has 0 aliphatic carbocycles. The summed E-state index contributed by atoms with van der Waals surface area (Å²) < 4.78 is 5.29. The van der Waals surface area contributed by atoms with Crippen molar-refractivity contribution in [2.24, 2.45) is 0 Å². The number of aliphatic hydroxyl groups is 2. The van der Waals surface area contributed by atoms with Crippen molar-refractivity contribution in [2.75, 3.05) is 19.8 Å². The summed E-state index contributed by atoms with van der Waals surface area (Å²) in [6, 6.07) is 0. The van der Waals surface area contributed by atoms with Crippen molar-refractivity contribution in [3.63, 3.8) is 0 Å². The Morgan fingerprint density at radius 1 is 0.760 bits per heavy atom. The van der Waals surface area contributed by atoms with Gasteiger partial charge in [0.15, 0.2) is 0 Å². The van der Waals surface area contributed by atoms with Gasteiger partial charge in [-0.2, -0.15) is 0 Å². The van der Waals surface area contributed by atoms with Crippen molar-refractivity contribution in [3.05, 3.63) is 0 Å². The molecule has 0 fully saturated rings. The van der Waals surface area contributed by atoms with Gasteiger partial charge in [-0.25, -0.2) is 0 Å². The van der Waals surface area contributed by atoms with Crippen LogP contribution in [0.25, 0.3) is 0 Å². The Kier molecular flexibility index (Phi) is 19.5. The molecular weight excluding hydrogens is 316 g/mol. The van der Waals surface area contributed by atoms with Crippen LogP contribution in [0.3, 0.4) is 0 Å². The summed E-state index contributed by atoms with van der Waals surface area (Å²) in [5, 5.41) is 17.8. The molecule has 0 aliphatic rings. The Hall–Kier alpha value is -0.450. The molecule has 0 bridgehead atoms. The predicted molar refractivity (Wildman–Crippen MR) is 104 cm³/mol. The molecule has 0 aromatic heterocycles. The molecule has 1 unspecified atom stereocenters. The summed E-state index contributed by atoms with van der Waals surface area (Å²) in [6.45, 7) is 2.39. The second kappa shape index (κ2) is 19.9. The molecule has 25 heavy (non-hydrogen) atoms. The van der Waals surface area contributed by atoms with Gasteiger partial charge in [0, 0.05) is 13.0 Å². The lowest BCUT2D eigenvalue weighted by atomic mass is 10.0. The van der Waals surface area contributed by atoms with Crippen molar-refractivity contribution in [2.45, 2.75) is 109 Å². The molecule has 4 nitrogen and oxygen atoms in total. The van der Waals surface area contributed by atoms with E-state index in [0.717, 1.165) is 19.3 Å². The monoisotopic (exact) mass is 358 g/mol. The van der Waals surface area contributed by atoms with Gasteiger partial charge >= 0.3 is 0 Å². The van der Waals surface area contributed by atoms with Gasteiger partial charge in [-0.1, -0.05) is 77.0 Å². The van der Waals surface area contributed by atoms with Crippen LogP contribution < -0.4 is 0 Å². The molecule has 0 spiro atoms. The fourth-order valence-electron chi connectivity index (χ4n) is 2.97. The second-order valence-electron chi connectivity index (χ2n) is 7.31. The number of Topliss-reactive ketones (excluding diaryl/α,β-unsaturated/α-hetero) is 1. The highest BCUT2D eigenvalue weighted by Gasteiger charge is 2.00. The molecule has 150 valence electrons. The molecule has 0 heterocycles. The third-order valence-electron chi connectivity index (χ3n) is 4.59. The molecule has 0 amide bonds. The summed E-state index contributed by atoms with van der Waals surface area (Å²) in [6.07, 6.45) is 17.9. The molecule has 0 rings (SSSR count). The first-order valence-electron chi connectivity index (χ1n) is 10.5. The quantitative estimate of drug-likeness (QED) is 0.307. The van der Waals surface area contributed by atoms with E-state index in [1.807, 2.05) is 0 Å². The van der Waals surface area contributed by atoms with E-state index in [1.54, 1.807) is 6.92 Å². The van der Waals surface area contributed by atoms with Gasteiger partial charge in [0.1, 0.15) is 11.9 Å². The van der Waals surface area contributed by atoms with Crippen molar-refractivity contribution < 1.29 is 19.7 Å². The minimum absolute atomic E-state index is 0.221. The summed E-state index contributed by atoms with van der Waals surface area (Å²) in [5.41, 5.74) is 0. The standard InChI is InChI=1S/C21H42O4/c1-20(23)16-14-12-10-8-6-4-2-3-5-7-9-11-13-15-17-25-19-21(24)18-22/h21-22,24H,2-19H2,1H3. The van der Waals surface area contributed by atoms with E-state index >= 15 is 0 Å². The number of ketones is 1. The van der Waals surface area contributed by atoms with Gasteiger partial charge in [-0.15, -0.1) is 0 Å². The first-order chi connectivity index (χ1) is 12.2. The average Bonchev–Trinajstić information content (AvgIpc) is 2.60. The maximum Gasteiger partial charge on any atom is 0.129 e. The lowest BCUT2D eigenvalue weighted by Gasteiger charge is -2.08. The topological polar surface area (TPSA) is 66.8 Å². The van der Waals surface area contributed by atoms with Gasteiger partial charge in [-0.05, 0) is 19.8 Å². The van der Waals surface area contributed by atoms with E-state index in [1.165, 1.54) is 77.0 Å². The molecular formula is C21H42O4. The van der Waals surface area contributed by atoms with Gasteiger partial charge in [0.05, 0.1) is 13.2 Å². The molecule has 0 aliphatic heterocycles. The summed E-state index contributed by atoms with van der Waals surface area (Å²) in [4.78, 5) is 10.8. The predicted octanol–water partition coefficient (Wildman–Crippen LogP) is 4.80. The van der Waals surface area contributed by atoms with Crippen molar-refractivity contribution in [1.82, 2.24) is 0 Å². The molecule has 0 saturated carbocycles. The number of unbranched alkanes of at least 4 members (excludes halogenated alkanes) is 13. The van der Waals surface area contributed by atoms with Gasteiger partial charge in [0.2, 0.25) is 0 Å². The number of rotatable bonds is 20. The number of hydrogen-bond acceptors (Lipinski definition) is 4. The van der Waals surface area contributed by atoms with E-state index in [0.29, 0.717) is 12.4 Å². The summed E-state index contributed by atoms with van der Waals surface area (Å²) in [7, 11) is 0. The van der Waals surface area contributed by atoms with E-state index in [9.17, 15) is 4.79 Å². The first-order valence-corrected chi connectivity index (χ1v) is 10.5. The van der Waals surface area contributed by atoms with Crippen LogP contribution in [0.4, 0.5) is 0 Å². The normalized spacial score (nSPS) is 12.4.